The van der Waals surface area contributed by atoms with Crippen molar-refractivity contribution in [2.24, 2.45) is 0 Å². The van der Waals surface area contributed by atoms with Crippen molar-refractivity contribution in [3.8, 4) is 5.75 Å². The summed E-state index contributed by atoms with van der Waals surface area (Å²) in [6.07, 6.45) is 0.0372. The Bertz CT molecular complexity index is 713. The van der Waals surface area contributed by atoms with Gasteiger partial charge in [-0.1, -0.05) is 42.3 Å². The van der Waals surface area contributed by atoms with Crippen molar-refractivity contribution >= 4 is 23.2 Å². The molecule has 3 nitrogen and oxygen atoms in total. The lowest BCUT2D eigenvalue weighted by atomic mass is 10.1. The standard InChI is InChI=1S/C19H22ClNO2/c1-5-17(23-18-9-6-12(2)10-14(18)4)19(22)21-15-8-7-13(3)16(20)11-15/h6-11,17H,5H2,1-4H3,(H,21,22)/t17-/m0/s1. The van der Waals surface area contributed by atoms with Gasteiger partial charge in [-0.05, 0) is 56.5 Å². The minimum atomic E-state index is -0.545. The van der Waals surface area contributed by atoms with Crippen molar-refractivity contribution in [1.82, 2.24) is 0 Å². The predicted octanol–water partition coefficient (Wildman–Crippen LogP) is 5.06. The van der Waals surface area contributed by atoms with E-state index in [-0.39, 0.29) is 5.91 Å². The van der Waals surface area contributed by atoms with Crippen LogP contribution < -0.4 is 10.1 Å². The number of anilines is 1. The summed E-state index contributed by atoms with van der Waals surface area (Å²) >= 11 is 6.09. The molecule has 1 amide bonds. The van der Waals surface area contributed by atoms with Crippen LogP contribution in [0.2, 0.25) is 5.02 Å². The number of ether oxygens (including phenoxy) is 1. The Morgan fingerprint density at radius 3 is 2.48 bits per heavy atom. The highest BCUT2D eigenvalue weighted by Crippen LogP contribution is 2.23. The number of hydrogen-bond donors (Lipinski definition) is 1. The molecule has 0 bridgehead atoms. The Balaban J connectivity index is 2.10. The molecule has 0 aliphatic rings. The van der Waals surface area contributed by atoms with Crippen molar-refractivity contribution in [3.63, 3.8) is 0 Å². The number of carbonyl (C=O) groups excluding carboxylic acids is 1. The minimum absolute atomic E-state index is 0.174. The summed E-state index contributed by atoms with van der Waals surface area (Å²) in [5, 5.41) is 3.49. The van der Waals surface area contributed by atoms with Crippen LogP contribution in [0.25, 0.3) is 0 Å². The van der Waals surface area contributed by atoms with Crippen LogP contribution in [0.4, 0.5) is 5.69 Å². The van der Waals surface area contributed by atoms with E-state index >= 15 is 0 Å². The molecule has 0 saturated heterocycles. The zero-order valence-electron chi connectivity index (χ0n) is 13.9. The SMILES string of the molecule is CC[C@H](Oc1ccc(C)cc1C)C(=O)Nc1ccc(C)c(Cl)c1. The van der Waals surface area contributed by atoms with E-state index in [1.165, 1.54) is 5.56 Å². The third kappa shape index (κ3) is 4.49. The molecule has 4 heteroatoms. The maximum atomic E-state index is 12.4. The maximum Gasteiger partial charge on any atom is 0.265 e. The van der Waals surface area contributed by atoms with E-state index in [1.807, 2.05) is 58.0 Å². The first-order valence-electron chi connectivity index (χ1n) is 7.71. The van der Waals surface area contributed by atoms with Gasteiger partial charge in [0.05, 0.1) is 0 Å². The summed E-state index contributed by atoms with van der Waals surface area (Å²) in [5.74, 6) is 0.562. The first-order chi connectivity index (χ1) is 10.9. The number of hydrogen-bond acceptors (Lipinski definition) is 2. The monoisotopic (exact) mass is 331 g/mol. The third-order valence-corrected chi connectivity index (χ3v) is 4.11. The summed E-state index contributed by atoms with van der Waals surface area (Å²) < 4.78 is 5.89. The molecule has 0 heterocycles. The predicted molar refractivity (Wildman–Crippen MR) is 95.4 cm³/mol. The molecule has 2 aromatic rings. The molecule has 2 aromatic carbocycles. The van der Waals surface area contributed by atoms with Gasteiger partial charge < -0.3 is 10.1 Å². The Kier molecular flexibility index (Phi) is 5.67. The lowest BCUT2D eigenvalue weighted by Gasteiger charge is -2.19. The highest BCUT2D eigenvalue weighted by molar-refractivity contribution is 6.31. The molecular weight excluding hydrogens is 310 g/mol. The fourth-order valence-corrected chi connectivity index (χ4v) is 2.48. The van der Waals surface area contributed by atoms with Crippen LogP contribution >= 0.6 is 11.6 Å². The van der Waals surface area contributed by atoms with Crippen LogP contribution in [0.5, 0.6) is 5.75 Å². The normalized spacial score (nSPS) is 11.9. The minimum Gasteiger partial charge on any atom is -0.480 e. The molecule has 0 spiro atoms. The quantitative estimate of drug-likeness (QED) is 0.831. The molecule has 122 valence electrons. The van der Waals surface area contributed by atoms with E-state index in [0.717, 1.165) is 16.9 Å². The lowest BCUT2D eigenvalue weighted by molar-refractivity contribution is -0.122. The van der Waals surface area contributed by atoms with Crippen LogP contribution in [-0.2, 0) is 4.79 Å². The molecule has 0 aromatic heterocycles. The van der Waals surface area contributed by atoms with Gasteiger partial charge in [0.15, 0.2) is 6.10 Å². The first-order valence-corrected chi connectivity index (χ1v) is 8.09. The number of halogens is 1. The molecule has 1 atom stereocenters. The van der Waals surface area contributed by atoms with Crippen LogP contribution in [0, 0.1) is 20.8 Å². The number of rotatable bonds is 5. The molecule has 0 aliphatic heterocycles. The fourth-order valence-electron chi connectivity index (χ4n) is 2.30. The van der Waals surface area contributed by atoms with E-state index in [0.29, 0.717) is 17.1 Å². The molecule has 23 heavy (non-hydrogen) atoms. The summed E-state index contributed by atoms with van der Waals surface area (Å²) in [6.45, 7) is 7.86. The smallest absolute Gasteiger partial charge is 0.265 e. The van der Waals surface area contributed by atoms with E-state index in [2.05, 4.69) is 5.32 Å². The Morgan fingerprint density at radius 1 is 1.13 bits per heavy atom. The molecular formula is C19H22ClNO2. The fraction of sp³-hybridized carbons (Fsp3) is 0.316. The number of carbonyl (C=O) groups is 1. The number of amides is 1. The summed E-state index contributed by atoms with van der Waals surface area (Å²) in [6, 6.07) is 11.4. The van der Waals surface area contributed by atoms with Gasteiger partial charge in [-0.15, -0.1) is 0 Å². The van der Waals surface area contributed by atoms with E-state index < -0.39 is 6.10 Å². The van der Waals surface area contributed by atoms with Gasteiger partial charge in [-0.25, -0.2) is 0 Å². The second-order valence-corrected chi connectivity index (χ2v) is 6.14. The Labute approximate surface area is 142 Å². The number of aryl methyl sites for hydroxylation is 3. The van der Waals surface area contributed by atoms with Crippen LogP contribution in [0.15, 0.2) is 36.4 Å². The molecule has 0 aliphatic carbocycles. The van der Waals surface area contributed by atoms with Gasteiger partial charge in [-0.3, -0.25) is 4.79 Å². The Morgan fingerprint density at radius 2 is 1.87 bits per heavy atom. The topological polar surface area (TPSA) is 38.3 Å². The highest BCUT2D eigenvalue weighted by atomic mass is 35.5. The Hall–Kier alpha value is -2.00. The van der Waals surface area contributed by atoms with Gasteiger partial charge in [0.25, 0.3) is 5.91 Å². The molecule has 1 N–H and O–H groups in total. The number of nitrogens with one attached hydrogen (secondary N) is 1. The van der Waals surface area contributed by atoms with Gasteiger partial charge in [0.2, 0.25) is 0 Å². The highest BCUT2D eigenvalue weighted by Gasteiger charge is 2.19. The third-order valence-electron chi connectivity index (χ3n) is 3.70. The van der Waals surface area contributed by atoms with Crippen LogP contribution in [0.3, 0.4) is 0 Å². The van der Waals surface area contributed by atoms with Crippen molar-refractivity contribution in [2.45, 2.75) is 40.2 Å². The van der Waals surface area contributed by atoms with Crippen LogP contribution in [0.1, 0.15) is 30.0 Å². The van der Waals surface area contributed by atoms with Crippen molar-refractivity contribution in [1.29, 1.82) is 0 Å². The van der Waals surface area contributed by atoms with Crippen molar-refractivity contribution < 1.29 is 9.53 Å². The van der Waals surface area contributed by atoms with Gasteiger partial charge in [0.1, 0.15) is 5.75 Å². The van der Waals surface area contributed by atoms with Crippen LogP contribution in [-0.4, -0.2) is 12.0 Å². The van der Waals surface area contributed by atoms with E-state index in [1.54, 1.807) is 6.07 Å². The average Bonchev–Trinajstić information content (AvgIpc) is 2.50. The summed E-state index contributed by atoms with van der Waals surface area (Å²) in [7, 11) is 0. The maximum absolute atomic E-state index is 12.4. The second-order valence-electron chi connectivity index (χ2n) is 5.74. The zero-order chi connectivity index (χ0) is 17.0. The summed E-state index contributed by atoms with van der Waals surface area (Å²) in [4.78, 5) is 12.4. The van der Waals surface area contributed by atoms with Gasteiger partial charge >= 0.3 is 0 Å². The number of benzene rings is 2. The zero-order valence-corrected chi connectivity index (χ0v) is 14.7. The second kappa shape index (κ2) is 7.51. The largest absolute Gasteiger partial charge is 0.480 e. The summed E-state index contributed by atoms with van der Waals surface area (Å²) in [5.41, 5.74) is 3.84. The van der Waals surface area contributed by atoms with Crippen molar-refractivity contribution in [3.05, 3.63) is 58.1 Å². The molecule has 2 rings (SSSR count). The average molecular weight is 332 g/mol. The lowest BCUT2D eigenvalue weighted by Crippen LogP contribution is -2.32. The molecule has 0 saturated carbocycles. The van der Waals surface area contributed by atoms with Gasteiger partial charge in [-0.2, -0.15) is 0 Å². The van der Waals surface area contributed by atoms with E-state index in [9.17, 15) is 4.79 Å². The molecule has 0 radical (unpaired) electrons. The van der Waals surface area contributed by atoms with Gasteiger partial charge in [0, 0.05) is 10.7 Å². The van der Waals surface area contributed by atoms with E-state index in [4.69, 9.17) is 16.3 Å². The molecule has 0 fully saturated rings. The van der Waals surface area contributed by atoms with Crippen molar-refractivity contribution in [2.75, 3.05) is 5.32 Å². The molecule has 0 unspecified atom stereocenters. The first kappa shape index (κ1) is 17.4.